The van der Waals surface area contributed by atoms with Crippen molar-refractivity contribution in [2.75, 3.05) is 6.61 Å². The minimum atomic E-state index is -0.178. The van der Waals surface area contributed by atoms with Gasteiger partial charge in [-0.25, -0.2) is 0 Å². The predicted molar refractivity (Wildman–Crippen MR) is 62.9 cm³/mol. The zero-order valence-electron chi connectivity index (χ0n) is 10.1. The first kappa shape index (κ1) is 13.1. The second-order valence-electron chi connectivity index (χ2n) is 4.43. The summed E-state index contributed by atoms with van der Waals surface area (Å²) in [6.45, 7) is 5.60. The van der Waals surface area contributed by atoms with Crippen LogP contribution in [0.4, 0.5) is 0 Å². The Labute approximate surface area is 97.8 Å². The molecule has 3 nitrogen and oxygen atoms in total. The van der Waals surface area contributed by atoms with E-state index in [0.717, 1.165) is 31.6 Å². The SMILES string of the molecule is C=COC1CCC(CCCOC(C)=O)CC1. The van der Waals surface area contributed by atoms with Gasteiger partial charge in [-0.3, -0.25) is 4.79 Å². The molecule has 16 heavy (non-hydrogen) atoms. The van der Waals surface area contributed by atoms with E-state index >= 15 is 0 Å². The molecule has 92 valence electrons. The van der Waals surface area contributed by atoms with Crippen LogP contribution in [0.5, 0.6) is 0 Å². The Hall–Kier alpha value is -0.990. The van der Waals surface area contributed by atoms with Crippen molar-refractivity contribution in [2.24, 2.45) is 5.92 Å². The highest BCUT2D eigenvalue weighted by Crippen LogP contribution is 2.29. The monoisotopic (exact) mass is 226 g/mol. The molecule has 1 aliphatic rings. The number of esters is 1. The highest BCUT2D eigenvalue weighted by Gasteiger charge is 2.20. The molecule has 1 fully saturated rings. The molecule has 0 N–H and O–H groups in total. The summed E-state index contributed by atoms with van der Waals surface area (Å²) in [5.41, 5.74) is 0. The molecule has 0 radical (unpaired) electrons. The van der Waals surface area contributed by atoms with Gasteiger partial charge in [0.2, 0.25) is 0 Å². The van der Waals surface area contributed by atoms with E-state index in [2.05, 4.69) is 6.58 Å². The van der Waals surface area contributed by atoms with E-state index in [9.17, 15) is 4.79 Å². The summed E-state index contributed by atoms with van der Waals surface area (Å²) in [6.07, 6.45) is 8.77. The van der Waals surface area contributed by atoms with E-state index in [-0.39, 0.29) is 5.97 Å². The van der Waals surface area contributed by atoms with Gasteiger partial charge in [-0.05, 0) is 44.4 Å². The lowest BCUT2D eigenvalue weighted by atomic mass is 9.84. The summed E-state index contributed by atoms with van der Waals surface area (Å²) in [5.74, 6) is 0.600. The van der Waals surface area contributed by atoms with E-state index in [0.29, 0.717) is 12.7 Å². The molecule has 3 heteroatoms. The Bertz CT molecular complexity index is 217. The van der Waals surface area contributed by atoms with Gasteiger partial charge < -0.3 is 9.47 Å². The third-order valence-electron chi connectivity index (χ3n) is 3.14. The standard InChI is InChI=1S/C13H22O3/c1-3-15-13-8-6-12(7-9-13)5-4-10-16-11(2)14/h3,12-13H,1,4-10H2,2H3. The molecule has 0 aromatic heterocycles. The molecule has 1 aliphatic carbocycles. The maximum absolute atomic E-state index is 10.6. The van der Waals surface area contributed by atoms with Gasteiger partial charge in [-0.2, -0.15) is 0 Å². The first-order valence-corrected chi connectivity index (χ1v) is 6.12. The second-order valence-corrected chi connectivity index (χ2v) is 4.43. The van der Waals surface area contributed by atoms with Crippen molar-refractivity contribution in [3.8, 4) is 0 Å². The molecule has 0 aromatic rings. The zero-order chi connectivity index (χ0) is 11.8. The summed E-state index contributed by atoms with van der Waals surface area (Å²) in [5, 5.41) is 0. The van der Waals surface area contributed by atoms with E-state index in [1.807, 2.05) is 0 Å². The Balaban J connectivity index is 2.03. The van der Waals surface area contributed by atoms with Gasteiger partial charge in [0.05, 0.1) is 19.0 Å². The average Bonchev–Trinajstić information content (AvgIpc) is 2.27. The van der Waals surface area contributed by atoms with Crippen molar-refractivity contribution in [1.29, 1.82) is 0 Å². The molecule has 0 aliphatic heterocycles. The third-order valence-corrected chi connectivity index (χ3v) is 3.14. The van der Waals surface area contributed by atoms with Crippen LogP contribution < -0.4 is 0 Å². The smallest absolute Gasteiger partial charge is 0.302 e. The third kappa shape index (κ3) is 5.19. The highest BCUT2D eigenvalue weighted by atomic mass is 16.5. The number of ether oxygens (including phenoxy) is 2. The minimum absolute atomic E-state index is 0.178. The largest absolute Gasteiger partial charge is 0.499 e. The summed E-state index contributed by atoms with van der Waals surface area (Å²) in [6, 6.07) is 0. The molecule has 0 amide bonds. The molecule has 0 aromatic carbocycles. The maximum atomic E-state index is 10.6. The van der Waals surface area contributed by atoms with Crippen LogP contribution in [0.15, 0.2) is 12.8 Å². The lowest BCUT2D eigenvalue weighted by molar-refractivity contribution is -0.141. The topological polar surface area (TPSA) is 35.5 Å². The number of carbonyl (C=O) groups excluding carboxylic acids is 1. The number of rotatable bonds is 6. The Morgan fingerprint density at radius 2 is 2.06 bits per heavy atom. The number of carbonyl (C=O) groups is 1. The van der Waals surface area contributed by atoms with Crippen LogP contribution in [0.25, 0.3) is 0 Å². The molecule has 0 unspecified atom stereocenters. The Morgan fingerprint density at radius 1 is 1.38 bits per heavy atom. The molecule has 0 heterocycles. The molecule has 0 atom stereocenters. The van der Waals surface area contributed by atoms with E-state index in [1.54, 1.807) is 6.26 Å². The number of hydrogen-bond donors (Lipinski definition) is 0. The van der Waals surface area contributed by atoms with Crippen molar-refractivity contribution in [3.63, 3.8) is 0 Å². The first-order chi connectivity index (χ1) is 7.72. The van der Waals surface area contributed by atoms with Crippen molar-refractivity contribution in [1.82, 2.24) is 0 Å². The molecule has 1 rings (SSSR count). The van der Waals surface area contributed by atoms with Crippen molar-refractivity contribution < 1.29 is 14.3 Å². The maximum Gasteiger partial charge on any atom is 0.302 e. The molecule has 1 saturated carbocycles. The van der Waals surface area contributed by atoms with Crippen molar-refractivity contribution in [2.45, 2.75) is 51.6 Å². The van der Waals surface area contributed by atoms with Gasteiger partial charge in [-0.15, -0.1) is 0 Å². The molecule has 0 spiro atoms. The van der Waals surface area contributed by atoms with Crippen LogP contribution in [-0.4, -0.2) is 18.7 Å². The van der Waals surface area contributed by atoms with Crippen LogP contribution in [-0.2, 0) is 14.3 Å². The Kier molecular flexibility index (Phi) is 5.98. The zero-order valence-corrected chi connectivity index (χ0v) is 10.1. The van der Waals surface area contributed by atoms with Gasteiger partial charge in [0.25, 0.3) is 0 Å². The molecule has 0 saturated heterocycles. The van der Waals surface area contributed by atoms with Gasteiger partial charge in [-0.1, -0.05) is 6.58 Å². The number of hydrogen-bond acceptors (Lipinski definition) is 3. The minimum Gasteiger partial charge on any atom is -0.499 e. The van der Waals surface area contributed by atoms with Gasteiger partial charge in [0, 0.05) is 6.92 Å². The van der Waals surface area contributed by atoms with E-state index < -0.39 is 0 Å². The van der Waals surface area contributed by atoms with Crippen molar-refractivity contribution >= 4 is 5.97 Å². The van der Waals surface area contributed by atoms with Gasteiger partial charge in [0.1, 0.15) is 0 Å². The summed E-state index contributed by atoms with van der Waals surface area (Å²) >= 11 is 0. The lowest BCUT2D eigenvalue weighted by Crippen LogP contribution is -2.20. The fourth-order valence-corrected chi connectivity index (χ4v) is 2.28. The quantitative estimate of drug-likeness (QED) is 0.397. The summed E-state index contributed by atoms with van der Waals surface area (Å²) in [7, 11) is 0. The van der Waals surface area contributed by atoms with Crippen LogP contribution >= 0.6 is 0 Å². The highest BCUT2D eigenvalue weighted by molar-refractivity contribution is 5.65. The van der Waals surface area contributed by atoms with Crippen molar-refractivity contribution in [3.05, 3.63) is 12.8 Å². The fraction of sp³-hybridized carbons (Fsp3) is 0.769. The summed E-state index contributed by atoms with van der Waals surface area (Å²) in [4.78, 5) is 10.6. The first-order valence-electron chi connectivity index (χ1n) is 6.12. The Morgan fingerprint density at radius 3 is 2.62 bits per heavy atom. The van der Waals surface area contributed by atoms with Crippen LogP contribution in [0.3, 0.4) is 0 Å². The normalized spacial score (nSPS) is 24.8. The van der Waals surface area contributed by atoms with Gasteiger partial charge in [0.15, 0.2) is 0 Å². The fourth-order valence-electron chi connectivity index (χ4n) is 2.28. The second kappa shape index (κ2) is 7.31. The molecular weight excluding hydrogens is 204 g/mol. The molecular formula is C13H22O3. The van der Waals surface area contributed by atoms with Gasteiger partial charge >= 0.3 is 5.97 Å². The lowest BCUT2D eigenvalue weighted by Gasteiger charge is -2.27. The van der Waals surface area contributed by atoms with E-state index in [1.165, 1.54) is 19.8 Å². The van der Waals surface area contributed by atoms with E-state index in [4.69, 9.17) is 9.47 Å². The van der Waals surface area contributed by atoms with Crippen LogP contribution in [0.1, 0.15) is 45.4 Å². The average molecular weight is 226 g/mol. The van der Waals surface area contributed by atoms with Crippen LogP contribution in [0, 0.1) is 5.92 Å². The van der Waals surface area contributed by atoms with Crippen LogP contribution in [0.2, 0.25) is 0 Å². The molecule has 0 bridgehead atoms. The summed E-state index contributed by atoms with van der Waals surface area (Å²) < 4.78 is 10.3. The predicted octanol–water partition coefficient (Wildman–Crippen LogP) is 3.05.